The van der Waals surface area contributed by atoms with E-state index in [9.17, 15) is 14.0 Å². The number of halogens is 2. The Morgan fingerprint density at radius 1 is 1.35 bits per heavy atom. The van der Waals surface area contributed by atoms with Gasteiger partial charge in [0, 0.05) is 17.8 Å². The molecule has 0 bridgehead atoms. The monoisotopic (exact) mass is 297 g/mol. The first kappa shape index (κ1) is 14.3. The van der Waals surface area contributed by atoms with E-state index < -0.39 is 17.1 Å². The van der Waals surface area contributed by atoms with Crippen LogP contribution in [0, 0.1) is 5.82 Å². The molecule has 2 N–H and O–H groups in total. The molecular formula is C13H13ClFN3O2. The summed E-state index contributed by atoms with van der Waals surface area (Å²) in [5.41, 5.74) is 4.98. The molecule has 0 aliphatic heterocycles. The van der Waals surface area contributed by atoms with Gasteiger partial charge in [-0.3, -0.25) is 13.9 Å². The van der Waals surface area contributed by atoms with Gasteiger partial charge in [-0.1, -0.05) is 17.7 Å². The zero-order valence-electron chi connectivity index (χ0n) is 10.8. The van der Waals surface area contributed by atoms with Gasteiger partial charge in [-0.2, -0.15) is 0 Å². The van der Waals surface area contributed by atoms with Gasteiger partial charge in [0.25, 0.3) is 5.56 Å². The van der Waals surface area contributed by atoms with E-state index in [4.69, 9.17) is 17.3 Å². The van der Waals surface area contributed by atoms with Crippen LogP contribution in [-0.4, -0.2) is 9.13 Å². The molecule has 2 rings (SSSR count). The lowest BCUT2D eigenvalue weighted by Crippen LogP contribution is -2.40. The van der Waals surface area contributed by atoms with Crippen LogP contribution < -0.4 is 17.0 Å². The number of nitrogens with zero attached hydrogens (tertiary/aromatic N) is 2. The summed E-state index contributed by atoms with van der Waals surface area (Å²) in [4.78, 5) is 24.1. The fraction of sp³-hybridized carbons (Fsp3) is 0.231. The highest BCUT2D eigenvalue weighted by molar-refractivity contribution is 6.31. The van der Waals surface area contributed by atoms with Crippen molar-refractivity contribution < 1.29 is 4.39 Å². The molecule has 1 aromatic heterocycles. The van der Waals surface area contributed by atoms with Crippen LogP contribution in [0.25, 0.3) is 0 Å². The maximum atomic E-state index is 13.0. The van der Waals surface area contributed by atoms with Crippen molar-refractivity contribution in [1.29, 1.82) is 0 Å². The molecule has 0 aliphatic carbocycles. The van der Waals surface area contributed by atoms with Gasteiger partial charge in [0.15, 0.2) is 0 Å². The molecule has 20 heavy (non-hydrogen) atoms. The Morgan fingerprint density at radius 2 is 2.05 bits per heavy atom. The highest BCUT2D eigenvalue weighted by atomic mass is 35.5. The summed E-state index contributed by atoms with van der Waals surface area (Å²) >= 11 is 5.90. The topological polar surface area (TPSA) is 70.0 Å². The molecule has 0 saturated heterocycles. The van der Waals surface area contributed by atoms with Crippen LogP contribution in [0.5, 0.6) is 0 Å². The van der Waals surface area contributed by atoms with Crippen LogP contribution in [-0.2, 0) is 13.1 Å². The molecule has 1 aromatic carbocycles. The third-order valence-corrected chi connectivity index (χ3v) is 3.30. The van der Waals surface area contributed by atoms with E-state index in [-0.39, 0.29) is 17.3 Å². The fourth-order valence-corrected chi connectivity index (χ4v) is 2.09. The molecule has 0 atom stereocenters. The van der Waals surface area contributed by atoms with Crippen LogP contribution in [0.15, 0.2) is 34.0 Å². The van der Waals surface area contributed by atoms with E-state index in [2.05, 4.69) is 0 Å². The molecule has 0 spiro atoms. The Bertz CT molecular complexity index is 767. The summed E-state index contributed by atoms with van der Waals surface area (Å²) in [6, 6.07) is 3.78. The largest absolute Gasteiger partial charge is 0.393 e. The van der Waals surface area contributed by atoms with E-state index >= 15 is 0 Å². The summed E-state index contributed by atoms with van der Waals surface area (Å²) < 4.78 is 15.3. The van der Waals surface area contributed by atoms with Crippen molar-refractivity contribution >= 4 is 17.3 Å². The number of hydrogen-bond donors (Lipinski definition) is 1. The molecule has 1 heterocycles. The molecular weight excluding hydrogens is 285 g/mol. The van der Waals surface area contributed by atoms with Gasteiger partial charge in [-0.25, -0.2) is 9.18 Å². The minimum atomic E-state index is -0.583. The second-order valence-electron chi connectivity index (χ2n) is 4.28. The molecule has 2 aromatic rings. The first-order valence-electron chi connectivity index (χ1n) is 5.97. The van der Waals surface area contributed by atoms with Gasteiger partial charge in [0.2, 0.25) is 0 Å². The van der Waals surface area contributed by atoms with Crippen LogP contribution >= 0.6 is 11.6 Å². The van der Waals surface area contributed by atoms with Crippen molar-refractivity contribution in [3.05, 3.63) is 61.6 Å². The maximum absolute atomic E-state index is 13.0. The van der Waals surface area contributed by atoms with E-state index in [0.717, 1.165) is 10.6 Å². The summed E-state index contributed by atoms with van der Waals surface area (Å²) in [5, 5.41) is 0.154. The summed E-state index contributed by atoms with van der Waals surface area (Å²) in [5.74, 6) is -0.482. The highest BCUT2D eigenvalue weighted by Gasteiger charge is 2.11. The lowest BCUT2D eigenvalue weighted by Gasteiger charge is -2.11. The summed E-state index contributed by atoms with van der Waals surface area (Å²) in [6.07, 6.45) is 1.31. The average molecular weight is 298 g/mol. The smallest absolute Gasteiger partial charge is 0.331 e. The number of anilines is 1. The van der Waals surface area contributed by atoms with E-state index in [1.54, 1.807) is 6.92 Å². The number of hydrogen-bond acceptors (Lipinski definition) is 3. The minimum absolute atomic E-state index is 0.0234. The number of rotatable bonds is 3. The molecule has 0 saturated carbocycles. The summed E-state index contributed by atoms with van der Waals surface area (Å²) in [7, 11) is 0. The van der Waals surface area contributed by atoms with E-state index in [0.29, 0.717) is 12.1 Å². The van der Waals surface area contributed by atoms with E-state index in [1.165, 1.54) is 22.9 Å². The van der Waals surface area contributed by atoms with Crippen molar-refractivity contribution in [3.63, 3.8) is 0 Å². The second-order valence-corrected chi connectivity index (χ2v) is 4.69. The third-order valence-electron chi connectivity index (χ3n) is 2.95. The number of aromatic nitrogens is 2. The van der Waals surface area contributed by atoms with Crippen molar-refractivity contribution in [2.24, 2.45) is 0 Å². The normalized spacial score (nSPS) is 10.8. The first-order valence-corrected chi connectivity index (χ1v) is 6.35. The molecule has 0 aliphatic rings. The highest BCUT2D eigenvalue weighted by Crippen LogP contribution is 2.17. The predicted octanol–water partition coefficient (Wildman–Crippen LogP) is 1.45. The standard InChI is InChI=1S/C13H13ClFN3O2/c1-2-17-7-11(16)12(19)18(13(17)20)6-8-3-4-9(15)5-10(8)14/h3-5,7H,2,6,16H2,1H3. The molecule has 0 radical (unpaired) electrons. The fourth-order valence-electron chi connectivity index (χ4n) is 1.86. The Labute approximate surface area is 119 Å². The van der Waals surface area contributed by atoms with Crippen LogP contribution in [0.3, 0.4) is 0 Å². The number of aryl methyl sites for hydroxylation is 1. The van der Waals surface area contributed by atoms with Gasteiger partial charge in [-0.15, -0.1) is 0 Å². The van der Waals surface area contributed by atoms with Crippen molar-refractivity contribution in [2.45, 2.75) is 20.0 Å². The lowest BCUT2D eigenvalue weighted by atomic mass is 10.2. The van der Waals surface area contributed by atoms with Crippen molar-refractivity contribution in [3.8, 4) is 0 Å². The van der Waals surface area contributed by atoms with Crippen LogP contribution in [0.4, 0.5) is 10.1 Å². The Morgan fingerprint density at radius 3 is 2.65 bits per heavy atom. The van der Waals surface area contributed by atoms with Crippen LogP contribution in [0.1, 0.15) is 12.5 Å². The maximum Gasteiger partial charge on any atom is 0.331 e. The quantitative estimate of drug-likeness (QED) is 0.932. The zero-order chi connectivity index (χ0) is 14.9. The molecule has 0 amide bonds. The Kier molecular flexibility index (Phi) is 3.94. The SMILES string of the molecule is CCn1cc(N)c(=O)n(Cc2ccc(F)cc2Cl)c1=O. The van der Waals surface area contributed by atoms with Gasteiger partial charge in [0.1, 0.15) is 11.5 Å². The third kappa shape index (κ3) is 2.60. The van der Waals surface area contributed by atoms with Gasteiger partial charge in [0.05, 0.1) is 6.54 Å². The Hall–Kier alpha value is -2.08. The average Bonchev–Trinajstić information content (AvgIpc) is 2.41. The van der Waals surface area contributed by atoms with Crippen LogP contribution in [0.2, 0.25) is 5.02 Å². The zero-order valence-corrected chi connectivity index (χ0v) is 11.5. The number of nitrogen functional groups attached to an aromatic ring is 1. The molecule has 106 valence electrons. The van der Waals surface area contributed by atoms with Crippen molar-refractivity contribution in [1.82, 2.24) is 9.13 Å². The lowest BCUT2D eigenvalue weighted by molar-refractivity contribution is 0.600. The number of nitrogens with two attached hydrogens (primary N) is 1. The predicted molar refractivity (Wildman–Crippen MR) is 75.6 cm³/mol. The van der Waals surface area contributed by atoms with E-state index in [1.807, 2.05) is 0 Å². The first-order chi connectivity index (χ1) is 9.43. The van der Waals surface area contributed by atoms with Gasteiger partial charge >= 0.3 is 5.69 Å². The second kappa shape index (κ2) is 5.50. The van der Waals surface area contributed by atoms with Gasteiger partial charge in [-0.05, 0) is 24.6 Å². The summed E-state index contributed by atoms with van der Waals surface area (Å²) in [6.45, 7) is 2.10. The van der Waals surface area contributed by atoms with Crippen molar-refractivity contribution in [2.75, 3.05) is 5.73 Å². The minimum Gasteiger partial charge on any atom is -0.393 e. The Balaban J connectivity index is 2.56. The molecule has 5 nitrogen and oxygen atoms in total. The molecule has 0 unspecified atom stereocenters. The van der Waals surface area contributed by atoms with Gasteiger partial charge < -0.3 is 5.73 Å². The number of benzene rings is 1. The molecule has 7 heteroatoms. The molecule has 0 fully saturated rings.